The van der Waals surface area contributed by atoms with Gasteiger partial charge in [0.05, 0.1) is 11.5 Å². The van der Waals surface area contributed by atoms with E-state index in [0.29, 0.717) is 13.0 Å². The number of fused-ring (bicyclic) bond motifs is 1. The number of carboxylic acids is 1. The van der Waals surface area contributed by atoms with Crippen LogP contribution in [0.5, 0.6) is 0 Å². The smallest absolute Gasteiger partial charge is 0.317 e. The van der Waals surface area contributed by atoms with E-state index in [1.807, 2.05) is 0 Å². The summed E-state index contributed by atoms with van der Waals surface area (Å²) in [6.45, 7) is 2.29. The molecular weight excluding hydrogens is 299 g/mol. The summed E-state index contributed by atoms with van der Waals surface area (Å²) in [7, 11) is 0. The number of halogens is 1. The third-order valence-corrected chi connectivity index (χ3v) is 5.00. The lowest BCUT2D eigenvalue weighted by atomic mass is 9.87. The number of hydrogen-bond donors (Lipinski definition) is 2. The lowest BCUT2D eigenvalue weighted by molar-refractivity contribution is -0.147. The molecule has 1 fully saturated rings. The van der Waals surface area contributed by atoms with Gasteiger partial charge in [-0.1, -0.05) is 6.07 Å². The van der Waals surface area contributed by atoms with E-state index >= 15 is 0 Å². The average Bonchev–Trinajstić information content (AvgIpc) is 2.92. The lowest BCUT2D eigenvalue weighted by Crippen LogP contribution is -2.43. The highest BCUT2D eigenvalue weighted by Crippen LogP contribution is 2.33. The highest BCUT2D eigenvalue weighted by molar-refractivity contribution is 5.79. The molecule has 23 heavy (non-hydrogen) atoms. The van der Waals surface area contributed by atoms with Gasteiger partial charge in [0, 0.05) is 13.1 Å². The molecular formula is C17H21FN2O3. The number of carboxylic acid groups (broad SMARTS) is 1. The first-order valence-corrected chi connectivity index (χ1v) is 7.96. The largest absolute Gasteiger partial charge is 0.481 e. The quantitative estimate of drug-likeness (QED) is 0.880. The fourth-order valence-electron chi connectivity index (χ4n) is 3.47. The second-order valence-electron chi connectivity index (χ2n) is 6.77. The number of urea groups is 1. The zero-order valence-corrected chi connectivity index (χ0v) is 13.1. The van der Waals surface area contributed by atoms with Crippen molar-refractivity contribution >= 4 is 12.0 Å². The molecule has 3 rings (SSSR count). The maximum absolute atomic E-state index is 13.5. The van der Waals surface area contributed by atoms with Gasteiger partial charge in [0.1, 0.15) is 5.82 Å². The van der Waals surface area contributed by atoms with Crippen molar-refractivity contribution in [3.8, 4) is 0 Å². The number of amides is 2. The van der Waals surface area contributed by atoms with Crippen LogP contribution >= 0.6 is 0 Å². The predicted molar refractivity (Wildman–Crippen MR) is 82.5 cm³/mol. The molecule has 0 radical (unpaired) electrons. The van der Waals surface area contributed by atoms with Gasteiger partial charge in [-0.2, -0.15) is 0 Å². The van der Waals surface area contributed by atoms with Crippen LogP contribution in [-0.4, -0.2) is 35.1 Å². The monoisotopic (exact) mass is 320 g/mol. The van der Waals surface area contributed by atoms with E-state index in [9.17, 15) is 19.1 Å². The number of hydrogen-bond acceptors (Lipinski definition) is 2. The molecule has 0 aromatic heterocycles. The number of rotatable bonds is 2. The minimum absolute atomic E-state index is 0.205. The van der Waals surface area contributed by atoms with E-state index in [1.54, 1.807) is 17.9 Å². The molecule has 2 atom stereocenters. The molecule has 1 aliphatic carbocycles. The Balaban J connectivity index is 1.71. The van der Waals surface area contributed by atoms with Crippen molar-refractivity contribution in [2.75, 3.05) is 13.1 Å². The molecule has 1 aromatic carbocycles. The molecule has 1 heterocycles. The molecule has 0 saturated carbocycles. The molecule has 1 aromatic rings. The molecule has 5 nitrogen and oxygen atoms in total. The predicted octanol–water partition coefficient (Wildman–Crippen LogP) is 2.71. The average molecular weight is 320 g/mol. The Bertz CT molecular complexity index is 649. The van der Waals surface area contributed by atoms with Crippen LogP contribution in [0.4, 0.5) is 9.18 Å². The van der Waals surface area contributed by atoms with Gasteiger partial charge in [-0.05, 0) is 55.9 Å². The zero-order chi connectivity index (χ0) is 16.6. The second-order valence-corrected chi connectivity index (χ2v) is 6.77. The topological polar surface area (TPSA) is 69.6 Å². The molecule has 2 amide bonds. The molecule has 1 unspecified atom stereocenters. The number of likely N-dealkylation sites (tertiary alicyclic amines) is 1. The van der Waals surface area contributed by atoms with E-state index in [1.165, 1.54) is 12.1 Å². The second kappa shape index (κ2) is 5.83. The summed E-state index contributed by atoms with van der Waals surface area (Å²) in [5.74, 6) is -1.18. The van der Waals surface area contributed by atoms with Gasteiger partial charge in [-0.25, -0.2) is 9.18 Å². The zero-order valence-electron chi connectivity index (χ0n) is 13.1. The van der Waals surface area contributed by atoms with E-state index in [4.69, 9.17) is 0 Å². The van der Waals surface area contributed by atoms with E-state index in [0.717, 1.165) is 30.4 Å². The van der Waals surface area contributed by atoms with Crippen LogP contribution in [0.25, 0.3) is 0 Å². The Morgan fingerprint density at radius 2 is 2.22 bits per heavy atom. The van der Waals surface area contributed by atoms with Crippen molar-refractivity contribution in [2.45, 2.75) is 38.6 Å². The summed E-state index contributed by atoms with van der Waals surface area (Å²) >= 11 is 0. The summed E-state index contributed by atoms with van der Waals surface area (Å²) in [4.78, 5) is 25.3. The molecule has 1 aliphatic heterocycles. The number of aryl methyl sites for hydroxylation is 1. The number of nitrogens with one attached hydrogen (secondary N) is 1. The van der Waals surface area contributed by atoms with Crippen LogP contribution in [-0.2, 0) is 11.2 Å². The summed E-state index contributed by atoms with van der Waals surface area (Å²) in [5, 5.41) is 12.2. The summed E-state index contributed by atoms with van der Waals surface area (Å²) in [5.41, 5.74) is 1.03. The molecule has 2 N–H and O–H groups in total. The van der Waals surface area contributed by atoms with E-state index in [-0.39, 0.29) is 24.4 Å². The minimum atomic E-state index is -0.881. The van der Waals surface area contributed by atoms with Crippen LogP contribution in [0.2, 0.25) is 0 Å². The number of carbonyl (C=O) groups excluding carboxylic acids is 1. The van der Waals surface area contributed by atoms with Gasteiger partial charge in [0.25, 0.3) is 0 Å². The first kappa shape index (κ1) is 15.8. The molecule has 1 saturated heterocycles. The summed E-state index contributed by atoms with van der Waals surface area (Å²) in [6.07, 6.45) is 3.05. The maximum Gasteiger partial charge on any atom is 0.317 e. The van der Waals surface area contributed by atoms with Crippen LogP contribution in [0.1, 0.15) is 43.4 Å². The Hall–Kier alpha value is -2.11. The SMILES string of the molecule is CC1(C(=O)O)CCN(C(=O)N[C@@H]2CCCc3ccc(F)cc32)C1. The van der Waals surface area contributed by atoms with E-state index < -0.39 is 11.4 Å². The third kappa shape index (κ3) is 3.02. The van der Waals surface area contributed by atoms with Crippen molar-refractivity contribution in [1.82, 2.24) is 10.2 Å². The van der Waals surface area contributed by atoms with Crippen molar-refractivity contribution in [3.63, 3.8) is 0 Å². The number of aliphatic carboxylic acids is 1. The fraction of sp³-hybridized carbons (Fsp3) is 0.529. The van der Waals surface area contributed by atoms with E-state index in [2.05, 4.69) is 5.32 Å². The summed E-state index contributed by atoms with van der Waals surface area (Å²) < 4.78 is 13.5. The molecule has 0 spiro atoms. The van der Waals surface area contributed by atoms with Crippen LogP contribution in [0, 0.1) is 11.2 Å². The summed E-state index contributed by atoms with van der Waals surface area (Å²) in [6, 6.07) is 4.24. The van der Waals surface area contributed by atoms with Crippen molar-refractivity contribution in [3.05, 3.63) is 35.1 Å². The Morgan fingerprint density at radius 3 is 2.91 bits per heavy atom. The van der Waals surface area contributed by atoms with Crippen LogP contribution in [0.3, 0.4) is 0 Å². The minimum Gasteiger partial charge on any atom is -0.481 e. The van der Waals surface area contributed by atoms with Crippen molar-refractivity contribution in [1.29, 1.82) is 0 Å². The Kier molecular flexibility index (Phi) is 4.00. The highest BCUT2D eigenvalue weighted by Gasteiger charge is 2.42. The van der Waals surface area contributed by atoms with Gasteiger partial charge in [-0.15, -0.1) is 0 Å². The number of benzene rings is 1. The van der Waals surface area contributed by atoms with Gasteiger partial charge in [0.15, 0.2) is 0 Å². The van der Waals surface area contributed by atoms with Gasteiger partial charge in [-0.3, -0.25) is 4.79 Å². The first-order chi connectivity index (χ1) is 10.9. The Morgan fingerprint density at radius 1 is 1.43 bits per heavy atom. The van der Waals surface area contributed by atoms with Gasteiger partial charge in [0.2, 0.25) is 0 Å². The standard InChI is InChI=1S/C17H21FN2O3/c1-17(15(21)22)7-8-20(10-17)16(23)19-14-4-2-3-11-5-6-12(18)9-13(11)14/h5-6,9,14H,2-4,7-8,10H2,1H3,(H,19,23)(H,21,22)/t14-,17?/m1/s1. The lowest BCUT2D eigenvalue weighted by Gasteiger charge is -2.29. The Labute approximate surface area is 134 Å². The normalized spacial score (nSPS) is 26.7. The van der Waals surface area contributed by atoms with Gasteiger partial charge >= 0.3 is 12.0 Å². The first-order valence-electron chi connectivity index (χ1n) is 7.96. The fourth-order valence-corrected chi connectivity index (χ4v) is 3.47. The molecule has 2 aliphatic rings. The van der Waals surface area contributed by atoms with Crippen LogP contribution in [0.15, 0.2) is 18.2 Å². The number of carbonyl (C=O) groups is 2. The molecule has 6 heteroatoms. The third-order valence-electron chi connectivity index (χ3n) is 5.00. The van der Waals surface area contributed by atoms with Crippen molar-refractivity contribution < 1.29 is 19.1 Å². The molecule has 124 valence electrons. The molecule has 0 bridgehead atoms. The maximum atomic E-state index is 13.5. The number of nitrogens with zero attached hydrogens (tertiary/aromatic N) is 1. The van der Waals surface area contributed by atoms with Crippen LogP contribution < -0.4 is 5.32 Å². The van der Waals surface area contributed by atoms with Gasteiger partial charge < -0.3 is 15.3 Å². The highest BCUT2D eigenvalue weighted by atomic mass is 19.1. The van der Waals surface area contributed by atoms with Crippen molar-refractivity contribution in [2.24, 2.45) is 5.41 Å².